The number of pyridine rings is 1. The molecular weight excluding hydrogens is 390 g/mol. The van der Waals surface area contributed by atoms with Gasteiger partial charge in [0.25, 0.3) is 0 Å². The van der Waals surface area contributed by atoms with Crippen LogP contribution in [0.1, 0.15) is 57.4 Å². The molecule has 31 heavy (non-hydrogen) atoms. The predicted octanol–water partition coefficient (Wildman–Crippen LogP) is 4.82. The van der Waals surface area contributed by atoms with Crippen molar-refractivity contribution in [1.82, 2.24) is 9.88 Å². The number of ether oxygens (including phenoxy) is 3. The molecule has 2 aromatic rings. The van der Waals surface area contributed by atoms with Crippen LogP contribution in [-0.2, 0) is 4.74 Å². The van der Waals surface area contributed by atoms with E-state index in [2.05, 4.69) is 42.3 Å². The molecule has 1 aromatic heterocycles. The number of anilines is 1. The maximum Gasteiger partial charge on any atom is 0.163 e. The Hall–Kier alpha value is -2.05. The fourth-order valence-corrected chi connectivity index (χ4v) is 4.72. The molecule has 0 bridgehead atoms. The lowest BCUT2D eigenvalue weighted by molar-refractivity contribution is 0.0856. The topological polar surface area (TPSA) is 55.9 Å². The Kier molecular flexibility index (Phi) is 7.51. The van der Waals surface area contributed by atoms with E-state index < -0.39 is 0 Å². The van der Waals surface area contributed by atoms with E-state index in [1.54, 1.807) is 7.11 Å². The molecule has 2 fully saturated rings. The summed E-state index contributed by atoms with van der Waals surface area (Å²) in [6.45, 7) is 10.2. The van der Waals surface area contributed by atoms with Crippen molar-refractivity contribution in [3.05, 3.63) is 23.8 Å². The molecule has 0 saturated carbocycles. The summed E-state index contributed by atoms with van der Waals surface area (Å²) in [5.74, 6) is 2.97. The molecule has 0 aliphatic carbocycles. The van der Waals surface area contributed by atoms with Crippen LogP contribution in [0.25, 0.3) is 10.9 Å². The first-order valence-electron chi connectivity index (χ1n) is 11.9. The first-order valence-corrected chi connectivity index (χ1v) is 11.9. The number of aromatic nitrogens is 1. The molecule has 6 heteroatoms. The Morgan fingerprint density at radius 2 is 1.90 bits per heavy atom. The molecule has 2 aliphatic heterocycles. The number of rotatable bonds is 9. The highest BCUT2D eigenvalue weighted by molar-refractivity contribution is 5.88. The van der Waals surface area contributed by atoms with Crippen molar-refractivity contribution < 1.29 is 14.2 Å². The normalized spacial score (nSPS) is 18.1. The minimum atomic E-state index is 0.326. The van der Waals surface area contributed by atoms with Gasteiger partial charge in [0.1, 0.15) is 5.82 Å². The number of nitrogens with one attached hydrogen (secondary N) is 1. The molecule has 4 rings (SSSR count). The van der Waals surface area contributed by atoms with E-state index in [1.807, 2.05) is 0 Å². The van der Waals surface area contributed by atoms with Gasteiger partial charge in [-0.1, -0.05) is 0 Å². The van der Waals surface area contributed by atoms with Gasteiger partial charge in [0, 0.05) is 37.3 Å². The molecule has 170 valence electrons. The van der Waals surface area contributed by atoms with Crippen LogP contribution in [0.15, 0.2) is 18.2 Å². The van der Waals surface area contributed by atoms with Gasteiger partial charge in [-0.3, -0.25) is 0 Å². The van der Waals surface area contributed by atoms with Crippen LogP contribution in [0.4, 0.5) is 5.82 Å². The Balaban J connectivity index is 1.59. The van der Waals surface area contributed by atoms with Crippen molar-refractivity contribution in [2.75, 3.05) is 51.9 Å². The molecule has 6 nitrogen and oxygen atoms in total. The molecule has 0 unspecified atom stereocenters. The first kappa shape index (κ1) is 22.2. The lowest BCUT2D eigenvalue weighted by Gasteiger charge is -2.25. The second-order valence-electron chi connectivity index (χ2n) is 9.05. The zero-order valence-electron chi connectivity index (χ0n) is 19.3. The molecule has 0 radical (unpaired) electrons. The summed E-state index contributed by atoms with van der Waals surface area (Å²) in [6, 6.07) is 6.71. The summed E-state index contributed by atoms with van der Waals surface area (Å²) in [7, 11) is 1.72. The molecule has 2 aliphatic rings. The van der Waals surface area contributed by atoms with Crippen molar-refractivity contribution in [2.45, 2.75) is 57.9 Å². The maximum atomic E-state index is 6.17. The van der Waals surface area contributed by atoms with E-state index in [0.29, 0.717) is 18.6 Å². The molecule has 0 spiro atoms. The average molecular weight is 428 g/mol. The highest BCUT2D eigenvalue weighted by Crippen LogP contribution is 2.39. The van der Waals surface area contributed by atoms with Crippen molar-refractivity contribution in [3.63, 3.8) is 0 Å². The summed E-state index contributed by atoms with van der Waals surface area (Å²) < 4.78 is 17.5. The Morgan fingerprint density at radius 1 is 1.13 bits per heavy atom. The summed E-state index contributed by atoms with van der Waals surface area (Å²) >= 11 is 0. The van der Waals surface area contributed by atoms with Gasteiger partial charge < -0.3 is 24.4 Å². The third-order valence-corrected chi connectivity index (χ3v) is 6.30. The van der Waals surface area contributed by atoms with Gasteiger partial charge in [-0.2, -0.15) is 0 Å². The maximum absolute atomic E-state index is 6.17. The van der Waals surface area contributed by atoms with E-state index in [0.717, 1.165) is 67.2 Å². The zero-order chi connectivity index (χ0) is 21.6. The number of likely N-dealkylation sites (tertiary alicyclic amines) is 1. The SMILES string of the molecule is COc1cc2c(C3CCOCC3)cc(NC(C)C)nc2cc1OCCCN1CCCC1. The Morgan fingerprint density at radius 3 is 2.61 bits per heavy atom. The molecule has 3 heterocycles. The Labute approximate surface area is 186 Å². The van der Waals surface area contributed by atoms with Crippen LogP contribution >= 0.6 is 0 Å². The highest BCUT2D eigenvalue weighted by Gasteiger charge is 2.21. The third kappa shape index (κ3) is 5.60. The van der Waals surface area contributed by atoms with Gasteiger partial charge in [0.15, 0.2) is 11.5 Å². The van der Waals surface area contributed by atoms with E-state index in [9.17, 15) is 0 Å². The van der Waals surface area contributed by atoms with Gasteiger partial charge in [-0.25, -0.2) is 4.98 Å². The monoisotopic (exact) mass is 427 g/mol. The van der Waals surface area contributed by atoms with Crippen LogP contribution in [0.3, 0.4) is 0 Å². The minimum absolute atomic E-state index is 0.326. The fourth-order valence-electron chi connectivity index (χ4n) is 4.72. The van der Waals surface area contributed by atoms with Gasteiger partial charge in [-0.05, 0) is 82.7 Å². The fraction of sp³-hybridized carbons (Fsp3) is 0.640. The van der Waals surface area contributed by atoms with Gasteiger partial charge in [0.2, 0.25) is 0 Å². The van der Waals surface area contributed by atoms with E-state index >= 15 is 0 Å². The van der Waals surface area contributed by atoms with Crippen LogP contribution in [0.5, 0.6) is 11.5 Å². The number of benzene rings is 1. The second-order valence-corrected chi connectivity index (χ2v) is 9.05. The van der Waals surface area contributed by atoms with Crippen LogP contribution < -0.4 is 14.8 Å². The predicted molar refractivity (Wildman–Crippen MR) is 126 cm³/mol. The lowest BCUT2D eigenvalue weighted by atomic mass is 9.89. The van der Waals surface area contributed by atoms with Crippen molar-refractivity contribution in [1.29, 1.82) is 0 Å². The van der Waals surface area contributed by atoms with Crippen LogP contribution in [0.2, 0.25) is 0 Å². The van der Waals surface area contributed by atoms with Gasteiger partial charge >= 0.3 is 0 Å². The van der Waals surface area contributed by atoms with Crippen molar-refractivity contribution in [3.8, 4) is 11.5 Å². The smallest absolute Gasteiger partial charge is 0.163 e. The van der Waals surface area contributed by atoms with Gasteiger partial charge in [0.05, 0.1) is 19.2 Å². The molecule has 1 N–H and O–H groups in total. The summed E-state index contributed by atoms with van der Waals surface area (Å²) in [6.07, 6.45) is 5.76. The standard InChI is InChI=1S/C25H37N3O3/c1-18(2)26-25-16-20(19-7-13-30-14-8-19)21-15-23(29-3)24(17-22(21)27-25)31-12-6-11-28-9-4-5-10-28/h15-19H,4-14H2,1-3H3,(H,26,27). The largest absolute Gasteiger partial charge is 0.493 e. The van der Waals surface area contributed by atoms with Crippen molar-refractivity contribution >= 4 is 16.7 Å². The van der Waals surface area contributed by atoms with Gasteiger partial charge in [-0.15, -0.1) is 0 Å². The van der Waals surface area contributed by atoms with E-state index in [-0.39, 0.29) is 0 Å². The quantitative estimate of drug-likeness (QED) is 0.579. The zero-order valence-corrected chi connectivity index (χ0v) is 19.3. The van der Waals surface area contributed by atoms with Crippen LogP contribution in [0, 0.1) is 0 Å². The number of hydrogen-bond acceptors (Lipinski definition) is 6. The molecule has 1 aromatic carbocycles. The second kappa shape index (κ2) is 10.5. The lowest BCUT2D eigenvalue weighted by Crippen LogP contribution is -2.22. The minimum Gasteiger partial charge on any atom is -0.493 e. The number of methoxy groups -OCH3 is 1. The average Bonchev–Trinajstić information content (AvgIpc) is 3.29. The first-order chi connectivity index (χ1) is 15.1. The van der Waals surface area contributed by atoms with E-state index in [4.69, 9.17) is 19.2 Å². The van der Waals surface area contributed by atoms with Crippen LogP contribution in [-0.4, -0.2) is 62.5 Å². The summed E-state index contributed by atoms with van der Waals surface area (Å²) in [5, 5.41) is 4.64. The molecule has 2 saturated heterocycles. The highest BCUT2D eigenvalue weighted by atomic mass is 16.5. The summed E-state index contributed by atoms with van der Waals surface area (Å²) in [5.41, 5.74) is 2.29. The summed E-state index contributed by atoms with van der Waals surface area (Å²) in [4.78, 5) is 7.43. The van der Waals surface area contributed by atoms with E-state index in [1.165, 1.54) is 31.5 Å². The number of hydrogen-bond donors (Lipinski definition) is 1. The molecular formula is C25H37N3O3. The number of fused-ring (bicyclic) bond motifs is 1. The third-order valence-electron chi connectivity index (χ3n) is 6.30. The van der Waals surface area contributed by atoms with Crippen molar-refractivity contribution in [2.24, 2.45) is 0 Å². The molecule has 0 amide bonds. The Bertz CT molecular complexity index is 859. The number of nitrogens with zero attached hydrogens (tertiary/aromatic N) is 2. The molecule has 0 atom stereocenters.